The number of amides is 2. The maximum Gasteiger partial charge on any atom is 0.282 e. The van der Waals surface area contributed by atoms with Gasteiger partial charge in [-0.2, -0.15) is 0 Å². The predicted octanol–water partition coefficient (Wildman–Crippen LogP) is 5.61. The van der Waals surface area contributed by atoms with Crippen LogP contribution >= 0.6 is 0 Å². The molecule has 1 heterocycles. The Morgan fingerprint density at radius 2 is 1.44 bits per heavy atom. The molecule has 0 aliphatic carbocycles. The van der Waals surface area contributed by atoms with Crippen LogP contribution in [0.1, 0.15) is 37.8 Å². The first-order chi connectivity index (χ1) is 16.4. The Hall–Kier alpha value is -4.06. The molecule has 1 aliphatic heterocycles. The Balaban J connectivity index is 1.73. The lowest BCUT2D eigenvalue weighted by Gasteiger charge is -2.16. The highest BCUT2D eigenvalue weighted by molar-refractivity contribution is 6.46. The van der Waals surface area contributed by atoms with Crippen molar-refractivity contribution in [1.82, 2.24) is 0 Å². The van der Waals surface area contributed by atoms with Gasteiger partial charge in [0.2, 0.25) is 0 Å². The molecular weight excluding hydrogens is 428 g/mol. The number of rotatable bonds is 8. The highest BCUT2D eigenvalue weighted by Gasteiger charge is 2.40. The zero-order chi connectivity index (χ0) is 24.2. The molecule has 0 saturated heterocycles. The van der Waals surface area contributed by atoms with Crippen LogP contribution in [0.5, 0.6) is 11.5 Å². The van der Waals surface area contributed by atoms with Crippen LogP contribution in [0, 0.1) is 0 Å². The Morgan fingerprint density at radius 3 is 2.00 bits per heavy atom. The van der Waals surface area contributed by atoms with E-state index in [0.717, 1.165) is 11.3 Å². The topological polar surface area (TPSA) is 67.9 Å². The van der Waals surface area contributed by atoms with Gasteiger partial charge in [0.05, 0.1) is 25.0 Å². The maximum absolute atomic E-state index is 13.6. The van der Waals surface area contributed by atoms with Crippen molar-refractivity contribution in [3.05, 3.63) is 89.6 Å². The van der Waals surface area contributed by atoms with E-state index in [4.69, 9.17) is 9.47 Å². The van der Waals surface area contributed by atoms with Gasteiger partial charge in [-0.25, -0.2) is 4.90 Å². The van der Waals surface area contributed by atoms with E-state index < -0.39 is 5.91 Å². The lowest BCUT2D eigenvalue weighted by atomic mass is 10.0. The molecule has 4 rings (SSSR count). The third-order valence-electron chi connectivity index (χ3n) is 5.72. The number of benzene rings is 3. The lowest BCUT2D eigenvalue weighted by molar-refractivity contribution is -0.120. The van der Waals surface area contributed by atoms with Gasteiger partial charge >= 0.3 is 0 Å². The molecule has 0 spiro atoms. The molecule has 34 heavy (non-hydrogen) atoms. The summed E-state index contributed by atoms with van der Waals surface area (Å²) in [7, 11) is 1.58. The van der Waals surface area contributed by atoms with Gasteiger partial charge in [-0.1, -0.05) is 38.1 Å². The molecule has 0 aromatic heterocycles. The first-order valence-corrected chi connectivity index (χ1v) is 11.3. The van der Waals surface area contributed by atoms with Crippen molar-refractivity contribution < 1.29 is 19.1 Å². The molecule has 6 heteroatoms. The normalized spacial score (nSPS) is 13.6. The van der Waals surface area contributed by atoms with Crippen molar-refractivity contribution in [2.24, 2.45) is 0 Å². The number of carbonyl (C=O) groups is 2. The van der Waals surface area contributed by atoms with Gasteiger partial charge in [-0.15, -0.1) is 0 Å². The summed E-state index contributed by atoms with van der Waals surface area (Å²) < 4.78 is 10.7. The number of anilines is 2. The number of hydrogen-bond donors (Lipinski definition) is 1. The minimum Gasteiger partial charge on any atom is -0.497 e. The third-order valence-corrected chi connectivity index (χ3v) is 5.72. The molecule has 6 nitrogen and oxygen atoms in total. The van der Waals surface area contributed by atoms with Gasteiger partial charge in [0.1, 0.15) is 17.2 Å². The van der Waals surface area contributed by atoms with E-state index in [2.05, 4.69) is 19.2 Å². The van der Waals surface area contributed by atoms with Crippen LogP contribution in [-0.2, 0) is 9.59 Å². The van der Waals surface area contributed by atoms with E-state index in [0.29, 0.717) is 40.8 Å². The van der Waals surface area contributed by atoms with Crippen LogP contribution in [0.25, 0.3) is 5.57 Å². The summed E-state index contributed by atoms with van der Waals surface area (Å²) in [6.45, 7) is 6.69. The van der Waals surface area contributed by atoms with Crippen molar-refractivity contribution in [2.75, 3.05) is 23.9 Å². The molecule has 3 aromatic carbocycles. The van der Waals surface area contributed by atoms with Crippen LogP contribution in [0.2, 0.25) is 0 Å². The second-order valence-corrected chi connectivity index (χ2v) is 8.25. The SMILES string of the molecule is CCOc1ccc(NC2=C(c3ccc(OC)cc3)C(=O)N(c3ccc(C(C)C)cc3)C2=O)cc1. The summed E-state index contributed by atoms with van der Waals surface area (Å²) in [5, 5.41) is 3.18. The van der Waals surface area contributed by atoms with E-state index in [1.54, 1.807) is 31.4 Å². The maximum atomic E-state index is 13.6. The summed E-state index contributed by atoms with van der Waals surface area (Å²) in [4.78, 5) is 28.4. The summed E-state index contributed by atoms with van der Waals surface area (Å²) in [6, 6.07) is 21.9. The quantitative estimate of drug-likeness (QED) is 0.446. The molecule has 0 atom stereocenters. The number of ether oxygens (including phenoxy) is 2. The van der Waals surface area contributed by atoms with Crippen LogP contribution in [0.15, 0.2) is 78.5 Å². The summed E-state index contributed by atoms with van der Waals surface area (Å²) in [5.74, 6) is 0.980. The van der Waals surface area contributed by atoms with Crippen molar-refractivity contribution >= 4 is 28.8 Å². The molecule has 1 N–H and O–H groups in total. The summed E-state index contributed by atoms with van der Waals surface area (Å²) in [6.07, 6.45) is 0. The minimum atomic E-state index is -0.401. The largest absolute Gasteiger partial charge is 0.497 e. The fourth-order valence-corrected chi connectivity index (χ4v) is 3.86. The Bertz CT molecular complexity index is 1210. The van der Waals surface area contributed by atoms with Crippen molar-refractivity contribution in [3.8, 4) is 11.5 Å². The standard InChI is InChI=1S/C28H28N2O4/c1-5-34-24-16-10-21(11-17-24)29-26-25(20-8-14-23(33-4)15-9-20)27(31)30(28(26)32)22-12-6-19(7-13-22)18(2)3/h6-18,29H,5H2,1-4H3. The summed E-state index contributed by atoms with van der Waals surface area (Å²) in [5.41, 5.74) is 3.53. The van der Waals surface area contributed by atoms with Crippen molar-refractivity contribution in [1.29, 1.82) is 0 Å². The van der Waals surface area contributed by atoms with Gasteiger partial charge in [-0.3, -0.25) is 9.59 Å². The molecule has 0 unspecified atom stereocenters. The number of nitrogens with zero attached hydrogens (tertiary/aromatic N) is 1. The fraction of sp³-hybridized carbons (Fsp3) is 0.214. The van der Waals surface area contributed by atoms with Crippen molar-refractivity contribution in [2.45, 2.75) is 26.7 Å². The van der Waals surface area contributed by atoms with Gasteiger partial charge in [-0.05, 0) is 72.5 Å². The fourth-order valence-electron chi connectivity index (χ4n) is 3.86. The summed E-state index contributed by atoms with van der Waals surface area (Å²) >= 11 is 0. The van der Waals surface area contributed by atoms with Crippen LogP contribution < -0.4 is 19.7 Å². The average Bonchev–Trinajstić information content (AvgIpc) is 3.09. The van der Waals surface area contributed by atoms with E-state index in [-0.39, 0.29) is 11.6 Å². The smallest absolute Gasteiger partial charge is 0.282 e. The monoisotopic (exact) mass is 456 g/mol. The highest BCUT2D eigenvalue weighted by Crippen LogP contribution is 2.35. The van der Waals surface area contributed by atoms with Gasteiger partial charge in [0, 0.05) is 5.69 Å². The average molecular weight is 457 g/mol. The third kappa shape index (κ3) is 4.53. The number of carbonyl (C=O) groups excluding carboxylic acids is 2. The number of imide groups is 1. The number of nitrogens with one attached hydrogen (secondary N) is 1. The van der Waals surface area contributed by atoms with Gasteiger partial charge in [0.25, 0.3) is 11.8 Å². The molecule has 0 fully saturated rings. The zero-order valence-corrected chi connectivity index (χ0v) is 19.8. The van der Waals surface area contributed by atoms with E-state index in [9.17, 15) is 9.59 Å². The highest BCUT2D eigenvalue weighted by atomic mass is 16.5. The van der Waals surface area contributed by atoms with Crippen LogP contribution in [-0.4, -0.2) is 25.5 Å². The van der Waals surface area contributed by atoms with Crippen LogP contribution in [0.3, 0.4) is 0 Å². The van der Waals surface area contributed by atoms with E-state index in [1.165, 1.54) is 4.90 Å². The van der Waals surface area contributed by atoms with E-state index in [1.807, 2.05) is 55.5 Å². The molecule has 0 radical (unpaired) electrons. The first kappa shape index (κ1) is 23.1. The molecular formula is C28H28N2O4. The minimum absolute atomic E-state index is 0.229. The molecule has 1 aliphatic rings. The number of hydrogen-bond acceptors (Lipinski definition) is 5. The van der Waals surface area contributed by atoms with Crippen molar-refractivity contribution in [3.63, 3.8) is 0 Å². The second kappa shape index (κ2) is 9.83. The van der Waals surface area contributed by atoms with Gasteiger partial charge in [0.15, 0.2) is 0 Å². The molecule has 174 valence electrons. The van der Waals surface area contributed by atoms with Gasteiger partial charge < -0.3 is 14.8 Å². The molecule has 2 amide bonds. The first-order valence-electron chi connectivity index (χ1n) is 11.3. The molecule has 3 aromatic rings. The predicted molar refractivity (Wildman–Crippen MR) is 134 cm³/mol. The molecule has 0 bridgehead atoms. The second-order valence-electron chi connectivity index (χ2n) is 8.25. The van der Waals surface area contributed by atoms with E-state index >= 15 is 0 Å². The van der Waals surface area contributed by atoms with Crippen LogP contribution in [0.4, 0.5) is 11.4 Å². The lowest BCUT2D eigenvalue weighted by Crippen LogP contribution is -2.32. The zero-order valence-electron chi connectivity index (χ0n) is 19.8. The Labute approximate surface area is 199 Å². The number of methoxy groups -OCH3 is 1. The Morgan fingerprint density at radius 1 is 0.824 bits per heavy atom. The Kier molecular flexibility index (Phi) is 6.68. The molecule has 0 saturated carbocycles.